The summed E-state index contributed by atoms with van der Waals surface area (Å²) in [5, 5.41) is 9.83. The van der Waals surface area contributed by atoms with Crippen LogP contribution in [-0.2, 0) is 6.42 Å². The lowest BCUT2D eigenvalue weighted by Gasteiger charge is -2.12. The van der Waals surface area contributed by atoms with E-state index in [1.165, 1.54) is 5.01 Å². The second-order valence-electron chi connectivity index (χ2n) is 5.34. The first kappa shape index (κ1) is 18.3. The van der Waals surface area contributed by atoms with Gasteiger partial charge in [0.2, 0.25) is 0 Å². The first-order valence-electron chi connectivity index (χ1n) is 8.39. The molecule has 2 rings (SSSR count). The van der Waals surface area contributed by atoms with E-state index in [-0.39, 0.29) is 0 Å². The van der Waals surface area contributed by atoms with Crippen molar-refractivity contribution < 1.29 is 4.74 Å². The van der Waals surface area contributed by atoms with Gasteiger partial charge in [-0.05, 0) is 32.4 Å². The highest BCUT2D eigenvalue weighted by molar-refractivity contribution is 7.09. The van der Waals surface area contributed by atoms with Crippen LogP contribution >= 0.6 is 11.3 Å². The van der Waals surface area contributed by atoms with Crippen molar-refractivity contribution in [2.75, 3.05) is 26.2 Å². The molecular weight excluding hydrogens is 320 g/mol. The molecule has 0 aliphatic heterocycles. The number of guanidine groups is 1. The van der Waals surface area contributed by atoms with E-state index in [1.807, 2.05) is 37.3 Å². The van der Waals surface area contributed by atoms with Gasteiger partial charge in [0.05, 0.1) is 11.6 Å². The van der Waals surface area contributed by atoms with Crippen LogP contribution in [0.3, 0.4) is 0 Å². The number of benzene rings is 1. The molecular formula is C18H26N4OS. The van der Waals surface area contributed by atoms with E-state index in [0.717, 1.165) is 43.3 Å². The molecule has 0 spiro atoms. The Kier molecular flexibility index (Phi) is 8.10. The maximum Gasteiger partial charge on any atom is 0.191 e. The van der Waals surface area contributed by atoms with E-state index in [1.54, 1.807) is 11.3 Å². The third kappa shape index (κ3) is 7.00. The van der Waals surface area contributed by atoms with Crippen molar-refractivity contribution in [3.8, 4) is 5.75 Å². The first-order valence-corrected chi connectivity index (χ1v) is 9.27. The highest BCUT2D eigenvalue weighted by Gasteiger charge is 2.00. The van der Waals surface area contributed by atoms with Gasteiger partial charge < -0.3 is 15.4 Å². The number of aryl methyl sites for hydroxylation is 2. The summed E-state index contributed by atoms with van der Waals surface area (Å²) in [4.78, 5) is 9.07. The topological polar surface area (TPSA) is 58.5 Å². The second-order valence-corrected chi connectivity index (χ2v) is 6.28. The molecule has 5 nitrogen and oxygen atoms in total. The minimum atomic E-state index is 0.604. The molecule has 0 amide bonds. The van der Waals surface area contributed by atoms with Crippen LogP contribution in [0.4, 0.5) is 0 Å². The number of hydrogen-bond acceptors (Lipinski definition) is 4. The second kappa shape index (κ2) is 10.6. The van der Waals surface area contributed by atoms with Crippen molar-refractivity contribution in [2.45, 2.75) is 26.7 Å². The standard InChI is InChI=1S/C18H26N4OS/c1-3-19-18(20-11-7-10-17-22-15(2)14-24-17)21-12-13-23-16-8-5-4-6-9-16/h4-6,8-9,14H,3,7,10-13H2,1-2H3,(H2,19,20,21). The van der Waals surface area contributed by atoms with Crippen molar-refractivity contribution >= 4 is 17.3 Å². The number of para-hydroxylation sites is 1. The number of aromatic nitrogens is 1. The van der Waals surface area contributed by atoms with Gasteiger partial charge in [0.1, 0.15) is 12.4 Å². The quantitative estimate of drug-likeness (QED) is 0.416. The Morgan fingerprint density at radius 1 is 1.25 bits per heavy atom. The summed E-state index contributed by atoms with van der Waals surface area (Å²) in [5.41, 5.74) is 1.10. The Balaban J connectivity index is 1.66. The molecule has 0 aliphatic rings. The zero-order valence-electron chi connectivity index (χ0n) is 14.4. The summed E-state index contributed by atoms with van der Waals surface area (Å²) in [6.45, 7) is 7.04. The summed E-state index contributed by atoms with van der Waals surface area (Å²) in [7, 11) is 0. The van der Waals surface area contributed by atoms with Crippen LogP contribution in [0.15, 0.2) is 40.7 Å². The van der Waals surface area contributed by atoms with Gasteiger partial charge in [-0.2, -0.15) is 0 Å². The molecule has 0 bridgehead atoms. The van der Waals surface area contributed by atoms with Gasteiger partial charge in [-0.3, -0.25) is 4.99 Å². The molecule has 2 aromatic rings. The van der Waals surface area contributed by atoms with Gasteiger partial charge in [0.15, 0.2) is 5.96 Å². The van der Waals surface area contributed by atoms with Gasteiger partial charge in [0, 0.05) is 30.6 Å². The Labute approximate surface area is 148 Å². The molecule has 130 valence electrons. The van der Waals surface area contributed by atoms with Gasteiger partial charge in [-0.1, -0.05) is 18.2 Å². The van der Waals surface area contributed by atoms with Crippen LogP contribution in [0.2, 0.25) is 0 Å². The summed E-state index contributed by atoms with van der Waals surface area (Å²) in [6, 6.07) is 9.84. The summed E-state index contributed by atoms with van der Waals surface area (Å²) < 4.78 is 5.67. The average Bonchev–Trinajstić information content (AvgIpc) is 3.01. The van der Waals surface area contributed by atoms with Gasteiger partial charge >= 0.3 is 0 Å². The maximum atomic E-state index is 5.67. The predicted molar refractivity (Wildman–Crippen MR) is 101 cm³/mol. The molecule has 0 atom stereocenters. The highest BCUT2D eigenvalue weighted by Crippen LogP contribution is 2.10. The smallest absolute Gasteiger partial charge is 0.191 e. The number of aliphatic imine (C=N–C) groups is 1. The molecule has 0 radical (unpaired) electrons. The SMILES string of the molecule is CCNC(=NCCCc1nc(C)cs1)NCCOc1ccccc1. The van der Waals surface area contributed by atoms with E-state index < -0.39 is 0 Å². The van der Waals surface area contributed by atoms with Crippen molar-refractivity contribution in [1.82, 2.24) is 15.6 Å². The lowest BCUT2D eigenvalue weighted by atomic mass is 10.3. The number of ether oxygens (including phenoxy) is 1. The zero-order chi connectivity index (χ0) is 17.0. The Morgan fingerprint density at radius 3 is 2.79 bits per heavy atom. The fourth-order valence-corrected chi connectivity index (χ4v) is 2.95. The molecule has 0 saturated heterocycles. The van der Waals surface area contributed by atoms with Crippen molar-refractivity contribution in [3.05, 3.63) is 46.4 Å². The van der Waals surface area contributed by atoms with Crippen LogP contribution in [0.25, 0.3) is 0 Å². The maximum absolute atomic E-state index is 5.67. The molecule has 2 N–H and O–H groups in total. The summed E-state index contributed by atoms with van der Waals surface area (Å²) >= 11 is 1.73. The third-order valence-corrected chi connectivity index (χ3v) is 4.26. The van der Waals surface area contributed by atoms with Crippen molar-refractivity contribution in [2.24, 2.45) is 4.99 Å². The summed E-state index contributed by atoms with van der Waals surface area (Å²) in [5.74, 6) is 1.73. The molecule has 6 heteroatoms. The van der Waals surface area contributed by atoms with Crippen LogP contribution in [0, 0.1) is 6.92 Å². The summed E-state index contributed by atoms with van der Waals surface area (Å²) in [6.07, 6.45) is 1.99. The minimum absolute atomic E-state index is 0.604. The molecule has 1 aromatic carbocycles. The Hall–Kier alpha value is -2.08. The number of nitrogens with one attached hydrogen (secondary N) is 2. The monoisotopic (exact) mass is 346 g/mol. The number of nitrogens with zero attached hydrogens (tertiary/aromatic N) is 2. The molecule has 1 heterocycles. The Bertz CT molecular complexity index is 612. The molecule has 0 saturated carbocycles. The lowest BCUT2D eigenvalue weighted by Crippen LogP contribution is -2.39. The zero-order valence-corrected chi connectivity index (χ0v) is 15.2. The molecule has 0 fully saturated rings. The number of rotatable bonds is 9. The van der Waals surface area contributed by atoms with Gasteiger partial charge in [-0.25, -0.2) is 4.98 Å². The lowest BCUT2D eigenvalue weighted by molar-refractivity contribution is 0.322. The van der Waals surface area contributed by atoms with Crippen LogP contribution in [-0.4, -0.2) is 37.2 Å². The third-order valence-electron chi connectivity index (χ3n) is 3.24. The van der Waals surface area contributed by atoms with E-state index in [0.29, 0.717) is 13.2 Å². The van der Waals surface area contributed by atoms with Gasteiger partial charge in [-0.15, -0.1) is 11.3 Å². The van der Waals surface area contributed by atoms with E-state index in [4.69, 9.17) is 4.74 Å². The predicted octanol–water partition coefficient (Wildman–Crippen LogP) is 3.02. The normalized spacial score (nSPS) is 11.3. The molecule has 1 aromatic heterocycles. The van der Waals surface area contributed by atoms with E-state index in [2.05, 4.69) is 32.9 Å². The fraction of sp³-hybridized carbons (Fsp3) is 0.444. The van der Waals surface area contributed by atoms with E-state index in [9.17, 15) is 0 Å². The fourth-order valence-electron chi connectivity index (χ4n) is 2.14. The largest absolute Gasteiger partial charge is 0.492 e. The van der Waals surface area contributed by atoms with E-state index >= 15 is 0 Å². The van der Waals surface area contributed by atoms with Crippen LogP contribution in [0.1, 0.15) is 24.0 Å². The molecule has 0 unspecified atom stereocenters. The highest BCUT2D eigenvalue weighted by atomic mass is 32.1. The van der Waals surface area contributed by atoms with Crippen molar-refractivity contribution in [3.63, 3.8) is 0 Å². The average molecular weight is 347 g/mol. The Morgan fingerprint density at radius 2 is 2.08 bits per heavy atom. The molecule has 24 heavy (non-hydrogen) atoms. The number of thiazole rings is 1. The van der Waals surface area contributed by atoms with Gasteiger partial charge in [0.25, 0.3) is 0 Å². The minimum Gasteiger partial charge on any atom is -0.492 e. The number of hydrogen-bond donors (Lipinski definition) is 2. The van der Waals surface area contributed by atoms with Crippen LogP contribution < -0.4 is 15.4 Å². The van der Waals surface area contributed by atoms with Crippen molar-refractivity contribution in [1.29, 1.82) is 0 Å². The molecule has 0 aliphatic carbocycles. The van der Waals surface area contributed by atoms with Crippen LogP contribution in [0.5, 0.6) is 5.75 Å². The first-order chi connectivity index (χ1) is 11.8.